The fourth-order valence-electron chi connectivity index (χ4n) is 2.90. The van der Waals surface area contributed by atoms with Crippen LogP contribution in [0.15, 0.2) is 77.1 Å². The molecule has 0 aliphatic heterocycles. The van der Waals surface area contributed by atoms with E-state index in [9.17, 15) is 9.18 Å². The Labute approximate surface area is 186 Å². The Kier molecular flexibility index (Phi) is 6.20. The first-order chi connectivity index (χ1) is 15.0. The van der Waals surface area contributed by atoms with E-state index in [-0.39, 0.29) is 11.4 Å². The lowest BCUT2D eigenvalue weighted by Crippen LogP contribution is -1.95. The third-order valence-electron chi connectivity index (χ3n) is 4.50. The molecule has 0 amide bonds. The quantitative estimate of drug-likeness (QED) is 0.314. The van der Waals surface area contributed by atoms with Crippen LogP contribution in [0, 0.1) is 5.82 Å². The van der Waals surface area contributed by atoms with Gasteiger partial charge in [-0.2, -0.15) is 0 Å². The van der Waals surface area contributed by atoms with Gasteiger partial charge >= 0.3 is 5.97 Å². The van der Waals surface area contributed by atoms with Gasteiger partial charge in [0.1, 0.15) is 20.8 Å². The van der Waals surface area contributed by atoms with Crippen molar-refractivity contribution in [2.24, 2.45) is 0 Å². The van der Waals surface area contributed by atoms with Crippen LogP contribution in [0.5, 0.6) is 5.75 Å². The lowest BCUT2D eigenvalue weighted by Gasteiger charge is -2.12. The highest BCUT2D eigenvalue weighted by atomic mass is 32.2. The zero-order chi connectivity index (χ0) is 21.8. The zero-order valence-corrected chi connectivity index (χ0v) is 18.0. The standard InChI is InChI=1S/C23H17FN2O3S2/c1-29-20-12-17(14-2-4-16(5-3-14)23(27)28)8-11-19(20)26-31-21-13-25-22(30-21)15-6-9-18(24)10-7-15/h2-13,26H,1H3,(H,27,28). The molecule has 1 heterocycles. The molecule has 4 aromatic rings. The average molecular weight is 453 g/mol. The van der Waals surface area contributed by atoms with Crippen LogP contribution in [0.3, 0.4) is 0 Å². The molecule has 0 aliphatic carbocycles. The Balaban J connectivity index is 1.48. The van der Waals surface area contributed by atoms with Crippen LogP contribution in [0.1, 0.15) is 10.4 Å². The number of rotatable bonds is 7. The Morgan fingerprint density at radius 1 is 1.03 bits per heavy atom. The number of benzene rings is 3. The molecule has 0 fully saturated rings. The van der Waals surface area contributed by atoms with Crippen molar-refractivity contribution in [1.29, 1.82) is 0 Å². The minimum atomic E-state index is -0.952. The molecule has 0 atom stereocenters. The highest BCUT2D eigenvalue weighted by molar-refractivity contribution is 8.02. The molecule has 8 heteroatoms. The van der Waals surface area contributed by atoms with Gasteiger partial charge in [-0.3, -0.25) is 0 Å². The summed E-state index contributed by atoms with van der Waals surface area (Å²) in [6, 6.07) is 18.7. The van der Waals surface area contributed by atoms with Gasteiger partial charge in [-0.05, 0) is 71.6 Å². The summed E-state index contributed by atoms with van der Waals surface area (Å²) in [5.74, 6) is -0.563. The predicted octanol–water partition coefficient (Wildman–Crippen LogP) is 6.44. The van der Waals surface area contributed by atoms with E-state index in [0.717, 1.165) is 31.6 Å². The first kappa shape index (κ1) is 20.9. The number of carboxylic acid groups (broad SMARTS) is 1. The van der Waals surface area contributed by atoms with Crippen molar-refractivity contribution in [2.45, 2.75) is 4.21 Å². The number of carboxylic acids is 1. The second kappa shape index (κ2) is 9.20. The Morgan fingerprint density at radius 2 is 1.71 bits per heavy atom. The largest absolute Gasteiger partial charge is 0.495 e. The van der Waals surface area contributed by atoms with Crippen molar-refractivity contribution >= 4 is 34.9 Å². The van der Waals surface area contributed by atoms with Crippen LogP contribution < -0.4 is 9.46 Å². The second-order valence-corrected chi connectivity index (χ2v) is 8.63. The zero-order valence-electron chi connectivity index (χ0n) is 16.3. The van der Waals surface area contributed by atoms with Crippen LogP contribution in [0.2, 0.25) is 0 Å². The van der Waals surface area contributed by atoms with Gasteiger partial charge in [0.25, 0.3) is 0 Å². The van der Waals surface area contributed by atoms with Gasteiger partial charge in [-0.15, -0.1) is 11.3 Å². The van der Waals surface area contributed by atoms with Crippen molar-refractivity contribution in [3.63, 3.8) is 0 Å². The number of halogens is 1. The number of ether oxygens (including phenoxy) is 1. The van der Waals surface area contributed by atoms with Crippen molar-refractivity contribution in [3.05, 3.63) is 84.3 Å². The molecule has 2 N–H and O–H groups in total. The van der Waals surface area contributed by atoms with Gasteiger partial charge in [0.15, 0.2) is 0 Å². The van der Waals surface area contributed by atoms with Crippen molar-refractivity contribution in [3.8, 4) is 27.4 Å². The van der Waals surface area contributed by atoms with Crippen LogP contribution in [0.4, 0.5) is 10.1 Å². The fourth-order valence-corrected chi connectivity index (χ4v) is 4.57. The summed E-state index contributed by atoms with van der Waals surface area (Å²) >= 11 is 2.92. The molecule has 0 radical (unpaired) electrons. The minimum Gasteiger partial charge on any atom is -0.495 e. The van der Waals surface area contributed by atoms with Gasteiger partial charge in [-0.1, -0.05) is 18.2 Å². The second-order valence-electron chi connectivity index (χ2n) is 6.49. The summed E-state index contributed by atoms with van der Waals surface area (Å²) in [6.07, 6.45) is 1.77. The molecule has 0 saturated carbocycles. The predicted molar refractivity (Wildman–Crippen MR) is 122 cm³/mol. The SMILES string of the molecule is COc1cc(-c2ccc(C(=O)O)cc2)ccc1NSc1cnc(-c2ccc(F)cc2)s1. The van der Waals surface area contributed by atoms with Crippen molar-refractivity contribution < 1.29 is 19.0 Å². The fraction of sp³-hybridized carbons (Fsp3) is 0.0435. The molecule has 156 valence electrons. The van der Waals surface area contributed by atoms with Crippen molar-refractivity contribution in [1.82, 2.24) is 4.98 Å². The molecule has 5 nitrogen and oxygen atoms in total. The molecule has 0 saturated heterocycles. The molecule has 0 spiro atoms. The Hall–Kier alpha value is -3.36. The summed E-state index contributed by atoms with van der Waals surface area (Å²) in [5.41, 5.74) is 3.73. The van der Waals surface area contributed by atoms with E-state index >= 15 is 0 Å². The first-order valence-electron chi connectivity index (χ1n) is 9.20. The minimum absolute atomic E-state index is 0.245. The van der Waals surface area contributed by atoms with E-state index in [1.54, 1.807) is 49.7 Å². The number of aromatic nitrogens is 1. The van der Waals surface area contributed by atoms with Gasteiger partial charge in [0.2, 0.25) is 0 Å². The molecular formula is C23H17FN2O3S2. The topological polar surface area (TPSA) is 71.5 Å². The number of carbonyl (C=O) groups is 1. The molecular weight excluding hydrogens is 435 g/mol. The molecule has 3 aromatic carbocycles. The van der Waals surface area contributed by atoms with Crippen molar-refractivity contribution in [2.75, 3.05) is 11.8 Å². The molecule has 0 unspecified atom stereocenters. The smallest absolute Gasteiger partial charge is 0.335 e. The number of anilines is 1. The monoisotopic (exact) mass is 452 g/mol. The maximum absolute atomic E-state index is 13.1. The van der Waals surface area contributed by atoms with E-state index < -0.39 is 5.97 Å². The molecule has 31 heavy (non-hydrogen) atoms. The van der Waals surface area contributed by atoms with E-state index in [2.05, 4.69) is 9.71 Å². The summed E-state index contributed by atoms with van der Waals surface area (Å²) in [7, 11) is 1.60. The average Bonchev–Trinajstić information content (AvgIpc) is 3.27. The molecule has 1 aromatic heterocycles. The van der Waals surface area contributed by atoms with Crippen LogP contribution in [0.25, 0.3) is 21.7 Å². The molecule has 0 aliphatic rings. The third-order valence-corrected chi connectivity index (χ3v) is 6.47. The number of methoxy groups -OCH3 is 1. The van der Waals surface area contributed by atoms with E-state index in [4.69, 9.17) is 9.84 Å². The highest BCUT2D eigenvalue weighted by Crippen LogP contribution is 2.36. The maximum atomic E-state index is 13.1. The van der Waals surface area contributed by atoms with Gasteiger partial charge in [-0.25, -0.2) is 14.2 Å². The summed E-state index contributed by atoms with van der Waals surface area (Å²) in [5, 5.41) is 9.86. The number of nitrogens with zero attached hydrogens (tertiary/aromatic N) is 1. The Morgan fingerprint density at radius 3 is 2.39 bits per heavy atom. The normalized spacial score (nSPS) is 10.6. The number of nitrogens with one attached hydrogen (secondary N) is 1. The Bertz CT molecular complexity index is 1210. The lowest BCUT2D eigenvalue weighted by molar-refractivity contribution is 0.0697. The summed E-state index contributed by atoms with van der Waals surface area (Å²) in [4.78, 5) is 15.4. The van der Waals surface area contributed by atoms with E-state index in [0.29, 0.717) is 5.75 Å². The van der Waals surface area contributed by atoms with E-state index in [1.165, 1.54) is 35.4 Å². The van der Waals surface area contributed by atoms with Gasteiger partial charge in [0.05, 0.1) is 24.6 Å². The highest BCUT2D eigenvalue weighted by Gasteiger charge is 2.10. The van der Waals surface area contributed by atoms with Crippen LogP contribution >= 0.6 is 23.3 Å². The third kappa shape index (κ3) is 4.87. The summed E-state index contributed by atoms with van der Waals surface area (Å²) in [6.45, 7) is 0. The lowest BCUT2D eigenvalue weighted by atomic mass is 10.0. The number of hydrogen-bond donors (Lipinski definition) is 2. The molecule has 0 bridgehead atoms. The molecule has 4 rings (SSSR count). The first-order valence-corrected chi connectivity index (χ1v) is 10.8. The van der Waals surface area contributed by atoms with Gasteiger partial charge in [0, 0.05) is 5.56 Å². The van der Waals surface area contributed by atoms with E-state index in [1.807, 2.05) is 18.2 Å². The number of aromatic carboxylic acids is 1. The summed E-state index contributed by atoms with van der Waals surface area (Å²) < 4.78 is 22.9. The van der Waals surface area contributed by atoms with Crippen LogP contribution in [-0.4, -0.2) is 23.2 Å². The van der Waals surface area contributed by atoms with Gasteiger partial charge < -0.3 is 14.6 Å². The number of hydrogen-bond acceptors (Lipinski definition) is 6. The van der Waals surface area contributed by atoms with Crippen LogP contribution in [-0.2, 0) is 0 Å². The maximum Gasteiger partial charge on any atom is 0.335 e. The number of thiazole rings is 1.